The van der Waals surface area contributed by atoms with Gasteiger partial charge in [0, 0.05) is 46.3 Å². The van der Waals surface area contributed by atoms with Gasteiger partial charge in [-0.3, -0.25) is 18.5 Å². The average molecular weight is 1210 g/mol. The number of fused-ring (bicyclic) bond motifs is 2. The molecule has 0 aliphatic carbocycles. The first-order chi connectivity index (χ1) is 39.9. The standard InChI is InChI=1S/C55H51N9O17S3/c1-6-79-50-30-46(62-60-43-28-49(78-5)44(21-31(43)3)63-64-53-52(84(74,75)76)25-34-22-37(14-17-40(34)54(53)66)58-57-35-12-15-38(65)16-13-35)51(80-7-2)29-45(50)61-59-42-18-10-33(24-48(42)77-4)55(67)56-36-11-9-32-23-39(83(71,72)73)27-47(41(32)26-36)81-19-8-20-82(68,69)70/h9-18,21-30,65-66H,6-8,19-20H2,1-5H3,(H,56,67)(H,68,69,70)(H,71,72,73)(H,74,75,76)/b58-57+,61-59?,62-60?,64-63?. The Kier molecular flexibility index (Phi) is 18.6. The molecule has 0 atom stereocenters. The van der Waals surface area contributed by atoms with Crippen molar-refractivity contribution in [3.05, 3.63) is 132 Å². The normalized spacial score (nSPS) is 12.3. The highest BCUT2D eigenvalue weighted by molar-refractivity contribution is 7.86. The number of benzene rings is 8. The van der Waals surface area contributed by atoms with Gasteiger partial charge in [0.15, 0.2) is 5.75 Å². The number of carbonyl (C=O) groups is 1. The molecule has 0 spiro atoms. The molecule has 84 heavy (non-hydrogen) atoms. The highest BCUT2D eigenvalue weighted by atomic mass is 32.2. The fraction of sp³-hybridized carbons (Fsp3) is 0.182. The minimum absolute atomic E-state index is 0.0404. The summed E-state index contributed by atoms with van der Waals surface area (Å²) in [6.45, 7) is 5.40. The summed E-state index contributed by atoms with van der Waals surface area (Å²) in [4.78, 5) is 12.4. The zero-order valence-corrected chi connectivity index (χ0v) is 47.5. The number of anilines is 1. The van der Waals surface area contributed by atoms with E-state index in [2.05, 4.69) is 46.2 Å². The van der Waals surface area contributed by atoms with Crippen LogP contribution in [0.1, 0.15) is 36.2 Å². The molecule has 0 heterocycles. The molecule has 0 aromatic heterocycles. The van der Waals surface area contributed by atoms with Gasteiger partial charge in [-0.15, -0.1) is 25.6 Å². The molecule has 0 aliphatic heterocycles. The third-order valence-corrected chi connectivity index (χ3v) is 14.6. The second-order valence-electron chi connectivity index (χ2n) is 17.9. The number of aryl methyl sites for hydroxylation is 1. The molecule has 8 rings (SSSR count). The molecule has 0 fully saturated rings. The van der Waals surface area contributed by atoms with E-state index in [0.717, 1.165) is 12.1 Å². The number of ether oxygens (including phenoxy) is 5. The van der Waals surface area contributed by atoms with Crippen molar-refractivity contribution in [2.24, 2.45) is 40.9 Å². The Morgan fingerprint density at radius 1 is 0.524 bits per heavy atom. The van der Waals surface area contributed by atoms with Crippen LogP contribution in [0.3, 0.4) is 0 Å². The van der Waals surface area contributed by atoms with E-state index in [1.165, 1.54) is 111 Å². The van der Waals surface area contributed by atoms with Gasteiger partial charge in [0.05, 0.1) is 61.8 Å². The number of methoxy groups -OCH3 is 2. The van der Waals surface area contributed by atoms with Crippen molar-refractivity contribution >= 4 is 109 Å². The van der Waals surface area contributed by atoms with Crippen molar-refractivity contribution in [1.82, 2.24) is 0 Å². The molecule has 8 aromatic rings. The van der Waals surface area contributed by atoms with Gasteiger partial charge in [-0.25, -0.2) is 0 Å². The van der Waals surface area contributed by atoms with Crippen LogP contribution in [0.5, 0.6) is 40.2 Å². The summed E-state index contributed by atoms with van der Waals surface area (Å²) in [5.74, 6) is -1.01. The zero-order chi connectivity index (χ0) is 60.5. The number of hydrogen-bond acceptors (Lipinski definition) is 22. The van der Waals surface area contributed by atoms with Gasteiger partial charge in [-0.2, -0.15) is 40.6 Å². The third-order valence-electron chi connectivity index (χ3n) is 12.1. The number of phenolic OH excluding ortho intramolecular Hbond substituents is 2. The zero-order valence-electron chi connectivity index (χ0n) is 45.0. The number of azo groups is 4. The van der Waals surface area contributed by atoms with Gasteiger partial charge in [0.2, 0.25) is 0 Å². The van der Waals surface area contributed by atoms with E-state index in [1.54, 1.807) is 32.9 Å². The number of aromatic hydroxyl groups is 2. The number of carbonyl (C=O) groups excluding carboxylic acids is 1. The van der Waals surface area contributed by atoms with E-state index in [4.69, 9.17) is 28.2 Å². The van der Waals surface area contributed by atoms with Crippen molar-refractivity contribution < 1.29 is 77.6 Å². The Morgan fingerprint density at radius 2 is 1.12 bits per heavy atom. The predicted octanol–water partition coefficient (Wildman–Crippen LogP) is 13.6. The van der Waals surface area contributed by atoms with Crippen molar-refractivity contribution in [2.75, 3.05) is 45.1 Å². The summed E-state index contributed by atoms with van der Waals surface area (Å²) in [5.41, 5.74) is 2.17. The van der Waals surface area contributed by atoms with Crippen LogP contribution in [0.25, 0.3) is 21.5 Å². The molecule has 26 nitrogen and oxygen atoms in total. The fourth-order valence-electron chi connectivity index (χ4n) is 8.07. The lowest BCUT2D eigenvalue weighted by molar-refractivity contribution is 0.102. The van der Waals surface area contributed by atoms with Crippen LogP contribution in [0.2, 0.25) is 0 Å². The van der Waals surface area contributed by atoms with Crippen LogP contribution in [0.15, 0.2) is 172 Å². The second-order valence-corrected chi connectivity index (χ2v) is 22.3. The third kappa shape index (κ3) is 14.9. The number of hydrogen-bond donors (Lipinski definition) is 6. The highest BCUT2D eigenvalue weighted by Gasteiger charge is 2.24. The van der Waals surface area contributed by atoms with Crippen LogP contribution >= 0.6 is 0 Å². The molecule has 29 heteroatoms. The minimum atomic E-state index is -4.98. The first-order valence-electron chi connectivity index (χ1n) is 24.9. The van der Waals surface area contributed by atoms with Crippen molar-refractivity contribution in [3.8, 4) is 40.2 Å². The largest absolute Gasteiger partial charge is 0.508 e. The Hall–Kier alpha value is -9.52. The van der Waals surface area contributed by atoms with E-state index in [1.807, 2.05) is 0 Å². The molecular weight excluding hydrogens is 1150 g/mol. The maximum absolute atomic E-state index is 13.6. The van der Waals surface area contributed by atoms with Crippen LogP contribution in [-0.2, 0) is 30.4 Å². The number of amides is 1. The lowest BCUT2D eigenvalue weighted by Crippen LogP contribution is -2.12. The quantitative estimate of drug-likeness (QED) is 0.0197. The Morgan fingerprint density at radius 3 is 1.75 bits per heavy atom. The molecule has 436 valence electrons. The molecule has 0 saturated heterocycles. The summed E-state index contributed by atoms with van der Waals surface area (Å²) < 4.78 is 130. The SMILES string of the molecule is CCOc1cc(N=Nc2ccc(C(=O)Nc3ccc4cc(S(=O)(=O)O)cc(OCCCS(=O)(=O)O)c4c3)cc2OC)c(OCC)cc1N=Nc1cc(OC)c(N=Nc2c(S(=O)(=O)O)cc3cc(/N=N/c4ccc(O)cc4)ccc3c2O)cc1C. The number of rotatable bonds is 23. The van der Waals surface area contributed by atoms with Gasteiger partial charge < -0.3 is 39.2 Å². The van der Waals surface area contributed by atoms with Crippen LogP contribution in [-0.4, -0.2) is 94.8 Å². The lowest BCUT2D eigenvalue weighted by Gasteiger charge is -2.13. The molecule has 0 unspecified atom stereocenters. The molecule has 1 amide bonds. The topological polar surface area (TPSA) is 378 Å². The van der Waals surface area contributed by atoms with Crippen molar-refractivity contribution in [2.45, 2.75) is 37.0 Å². The van der Waals surface area contributed by atoms with Gasteiger partial charge in [0.25, 0.3) is 36.3 Å². The Balaban J connectivity index is 1.02. The van der Waals surface area contributed by atoms with Crippen molar-refractivity contribution in [1.29, 1.82) is 0 Å². The summed E-state index contributed by atoms with van der Waals surface area (Å²) in [6, 6.07) is 28.8. The maximum Gasteiger partial charge on any atom is 0.296 e. The first-order valence-corrected chi connectivity index (χ1v) is 29.4. The van der Waals surface area contributed by atoms with E-state index in [0.29, 0.717) is 27.7 Å². The average Bonchev–Trinajstić information content (AvgIpc) is 1.46. The number of nitrogens with zero attached hydrogens (tertiary/aromatic N) is 8. The monoisotopic (exact) mass is 1210 g/mol. The Labute approximate surface area is 480 Å². The number of phenols is 2. The molecule has 8 aromatic carbocycles. The molecule has 0 aliphatic rings. The summed E-state index contributed by atoms with van der Waals surface area (Å²) in [6.07, 6.45) is -0.135. The van der Waals surface area contributed by atoms with Gasteiger partial charge in [-0.05, 0) is 135 Å². The highest BCUT2D eigenvalue weighted by Crippen LogP contribution is 2.46. The minimum Gasteiger partial charge on any atom is -0.508 e. The molecular formula is C55H51N9O17S3. The van der Waals surface area contributed by atoms with Crippen molar-refractivity contribution in [3.63, 3.8) is 0 Å². The first kappa shape index (κ1) is 60.6. The van der Waals surface area contributed by atoms with Gasteiger partial charge >= 0.3 is 0 Å². The Bertz CT molecular complexity index is 4330. The van der Waals surface area contributed by atoms with E-state index in [-0.39, 0.29) is 111 Å². The summed E-state index contributed by atoms with van der Waals surface area (Å²) >= 11 is 0. The molecule has 6 N–H and O–H groups in total. The van der Waals surface area contributed by atoms with Crippen LogP contribution in [0.4, 0.5) is 51.2 Å². The van der Waals surface area contributed by atoms with Crippen LogP contribution in [0, 0.1) is 6.92 Å². The lowest BCUT2D eigenvalue weighted by atomic mass is 10.1. The van der Waals surface area contributed by atoms with E-state index < -0.39 is 63.2 Å². The predicted molar refractivity (Wildman–Crippen MR) is 308 cm³/mol. The van der Waals surface area contributed by atoms with Crippen LogP contribution < -0.4 is 29.0 Å². The summed E-state index contributed by atoms with van der Waals surface area (Å²) in [7, 11) is -11.2. The maximum atomic E-state index is 13.6. The smallest absolute Gasteiger partial charge is 0.296 e. The molecule has 0 bridgehead atoms. The number of nitrogens with one attached hydrogen (secondary N) is 1. The molecule has 0 saturated carbocycles. The van der Waals surface area contributed by atoms with E-state index in [9.17, 15) is 49.4 Å². The summed E-state index contributed by atoms with van der Waals surface area (Å²) in [5, 5.41) is 58.9. The van der Waals surface area contributed by atoms with Gasteiger partial charge in [0.1, 0.15) is 67.8 Å². The second kappa shape index (κ2) is 25.7. The fourth-order valence-corrected chi connectivity index (χ4v) is 9.74. The van der Waals surface area contributed by atoms with E-state index >= 15 is 0 Å². The van der Waals surface area contributed by atoms with Gasteiger partial charge in [-0.1, -0.05) is 6.07 Å². The molecule has 0 radical (unpaired) electrons.